The molecule has 13 heteroatoms. The molecule has 0 amide bonds. The molecular formula is C56H82N4O8U-6. The zero-order valence-electron chi connectivity index (χ0n) is 45.0. The van der Waals surface area contributed by atoms with Crippen LogP contribution in [0.1, 0.15) is 164 Å². The molecule has 384 valence electrons. The van der Waals surface area contributed by atoms with Crippen LogP contribution in [-0.2, 0) is 58.8 Å². The van der Waals surface area contributed by atoms with Crippen molar-refractivity contribution >= 4 is 0 Å². The Morgan fingerprint density at radius 1 is 0.420 bits per heavy atom. The summed E-state index contributed by atoms with van der Waals surface area (Å²) in [7, 11) is 0. The van der Waals surface area contributed by atoms with E-state index in [1.165, 1.54) is 13.8 Å². The fourth-order valence-corrected chi connectivity index (χ4v) is 7.52. The van der Waals surface area contributed by atoms with Gasteiger partial charge in [0, 0.05) is 45.0 Å². The first-order valence-electron chi connectivity index (χ1n) is 23.1. The molecule has 0 bridgehead atoms. The van der Waals surface area contributed by atoms with Gasteiger partial charge >= 0.3 is 0 Å². The number of aliphatic hydroxyl groups excluding tert-OH is 2. The largest absolute Gasteiger partial charge is 2.00 e. The summed E-state index contributed by atoms with van der Waals surface area (Å²) in [5, 5.41) is 85.1. The van der Waals surface area contributed by atoms with Crippen molar-refractivity contribution in [3.8, 4) is 35.1 Å². The van der Waals surface area contributed by atoms with E-state index in [-0.39, 0.29) is 99.9 Å². The van der Waals surface area contributed by atoms with Crippen LogP contribution in [-0.4, -0.2) is 36.5 Å². The quantitative estimate of drug-likeness (QED) is 0.129. The zero-order chi connectivity index (χ0) is 51.1. The van der Waals surface area contributed by atoms with E-state index in [9.17, 15) is 30.6 Å². The minimum Gasteiger partial charge on any atom is -2.00 e. The zero-order valence-corrected chi connectivity index (χ0v) is 49.2. The molecule has 0 aliphatic carbocycles. The Kier molecular flexibility index (Phi) is 30.0. The summed E-state index contributed by atoms with van der Waals surface area (Å²) >= 11 is 0. The average Bonchev–Trinajstić information content (AvgIpc) is 3.18. The number of rotatable bonds is 12. The maximum absolute atomic E-state index is 12.8. The van der Waals surface area contributed by atoms with Crippen molar-refractivity contribution < 1.29 is 82.5 Å². The third-order valence-electron chi connectivity index (χ3n) is 11.6. The predicted molar refractivity (Wildman–Crippen MR) is 262 cm³/mol. The molecule has 69 heavy (non-hydrogen) atoms. The second kappa shape index (κ2) is 29.9. The molecule has 12 nitrogen and oxygen atoms in total. The summed E-state index contributed by atoms with van der Waals surface area (Å²) in [5.74, 6) is 0.224. The SMILES string of the molecule is CC#N.CC#N.Cc1cc(C(C)(C)C)cc(C[NH+](CCO)Cc2cc(C(C)(C)C)cc(C)c2[O-])c1[O-].Cc1cc(C(C)(C)C)cc(C[NH+](CCO)Cc2cc(C(C)(C)C)cc(C)c2[O-])c1[O-].[O-2].[O-2].[U]. The van der Waals surface area contributed by atoms with E-state index < -0.39 is 0 Å². The number of nitrogens with zero attached hydrogens (tertiary/aromatic N) is 2. The van der Waals surface area contributed by atoms with E-state index in [1.807, 2.05) is 76.2 Å². The molecule has 0 fully saturated rings. The number of nitrogens with one attached hydrogen (secondary N) is 2. The number of benzene rings is 4. The van der Waals surface area contributed by atoms with Gasteiger partial charge in [-0.3, -0.25) is 0 Å². The van der Waals surface area contributed by atoms with Gasteiger partial charge in [-0.2, -0.15) is 10.5 Å². The Balaban J connectivity index is -0.00000109. The Hall–Kier alpha value is -4.13. The van der Waals surface area contributed by atoms with Crippen LogP contribution in [0.3, 0.4) is 0 Å². The summed E-state index contributed by atoms with van der Waals surface area (Å²) in [6.45, 7) is 38.9. The molecule has 0 aromatic heterocycles. The van der Waals surface area contributed by atoms with Crippen LogP contribution in [0.25, 0.3) is 0 Å². The number of aryl methyl sites for hydroxylation is 4. The molecule has 0 spiro atoms. The van der Waals surface area contributed by atoms with Crippen LogP contribution >= 0.6 is 0 Å². The molecule has 0 heterocycles. The van der Waals surface area contributed by atoms with Gasteiger partial charge in [-0.05, 0) is 93.9 Å². The van der Waals surface area contributed by atoms with Crippen molar-refractivity contribution in [2.45, 2.75) is 172 Å². The second-order valence-electron chi connectivity index (χ2n) is 21.7. The molecule has 4 aromatic carbocycles. The normalized spacial score (nSPS) is 11.2. The van der Waals surface area contributed by atoms with Gasteiger partial charge in [0.15, 0.2) is 0 Å². The van der Waals surface area contributed by atoms with E-state index in [2.05, 4.69) is 83.1 Å². The molecule has 4 rings (SSSR count). The van der Waals surface area contributed by atoms with Crippen LogP contribution in [0.5, 0.6) is 23.0 Å². The first-order valence-corrected chi connectivity index (χ1v) is 23.1. The molecule has 0 saturated heterocycles. The second-order valence-corrected chi connectivity index (χ2v) is 21.7. The topological polar surface area (TPSA) is 246 Å². The van der Waals surface area contributed by atoms with Gasteiger partial charge in [-0.25, -0.2) is 0 Å². The number of nitriles is 2. The summed E-state index contributed by atoms with van der Waals surface area (Å²) < 4.78 is 0. The van der Waals surface area contributed by atoms with E-state index >= 15 is 0 Å². The van der Waals surface area contributed by atoms with Gasteiger partial charge in [0.05, 0.1) is 25.4 Å². The van der Waals surface area contributed by atoms with Crippen molar-refractivity contribution in [1.29, 1.82) is 10.5 Å². The standard InChI is InChI=1S/2C26H39NO3.2C2H3N.2O.U/c2*1-17-11-21(25(3,4)5)13-19(23(17)29)15-27(9-10-28)16-20-14-22(26(6,7)8)12-18(2)24(20)30;2*1-2-3;;;/h2*11-14,28-30H,9-10,15-16H2,1-8H3;2*1H3;;;/q;;;;2*-2;/p-2. The van der Waals surface area contributed by atoms with E-state index in [4.69, 9.17) is 10.5 Å². The van der Waals surface area contributed by atoms with Crippen LogP contribution in [0.4, 0.5) is 0 Å². The van der Waals surface area contributed by atoms with Gasteiger partial charge in [0.2, 0.25) is 0 Å². The Morgan fingerprint density at radius 2 is 0.580 bits per heavy atom. The maximum Gasteiger partial charge on any atom is 0.103 e. The summed E-state index contributed by atoms with van der Waals surface area (Å²) in [4.78, 5) is 2.03. The third-order valence-corrected chi connectivity index (χ3v) is 11.6. The van der Waals surface area contributed by atoms with E-state index in [1.54, 1.807) is 12.1 Å². The van der Waals surface area contributed by atoms with Crippen molar-refractivity contribution in [1.82, 2.24) is 0 Å². The molecular weight excluding hydrogens is 1090 g/mol. The van der Waals surface area contributed by atoms with E-state index in [0.717, 1.165) is 76.6 Å². The van der Waals surface area contributed by atoms with Crippen molar-refractivity contribution in [3.63, 3.8) is 0 Å². The fraction of sp³-hybridized carbons (Fsp3) is 0.536. The first-order chi connectivity index (χ1) is 30.3. The Morgan fingerprint density at radius 3 is 0.710 bits per heavy atom. The summed E-state index contributed by atoms with van der Waals surface area (Å²) in [6, 6.07) is 19.4. The number of hydrogen-bond acceptors (Lipinski definition) is 8. The molecule has 0 aliphatic rings. The number of quaternary nitrogens is 2. The van der Waals surface area contributed by atoms with Crippen molar-refractivity contribution in [3.05, 3.63) is 115 Å². The minimum atomic E-state index is -0.0509. The van der Waals surface area contributed by atoms with E-state index in [0.29, 0.717) is 39.3 Å². The van der Waals surface area contributed by atoms with Gasteiger partial charge < -0.3 is 51.4 Å². The molecule has 4 N–H and O–H groups in total. The predicted octanol–water partition coefficient (Wildman–Crippen LogP) is 6.07. The van der Waals surface area contributed by atoms with Gasteiger partial charge in [-0.15, -0.1) is 0 Å². The molecule has 0 atom stereocenters. The molecule has 0 aliphatic heterocycles. The molecule has 0 saturated carbocycles. The Labute approximate surface area is 439 Å². The van der Waals surface area contributed by atoms with Crippen molar-refractivity contribution in [2.24, 2.45) is 0 Å². The number of hydrogen-bond donors (Lipinski definition) is 4. The van der Waals surface area contributed by atoms with Gasteiger partial charge in [0.1, 0.15) is 39.3 Å². The van der Waals surface area contributed by atoms with Crippen LogP contribution < -0.4 is 30.2 Å². The van der Waals surface area contributed by atoms with Gasteiger partial charge in [0.25, 0.3) is 0 Å². The average molecular weight is 1180 g/mol. The van der Waals surface area contributed by atoms with Gasteiger partial charge in [-0.1, -0.05) is 177 Å². The molecule has 0 unspecified atom stereocenters. The maximum atomic E-state index is 12.8. The van der Waals surface area contributed by atoms with Crippen LogP contribution in [0, 0.1) is 81.5 Å². The fourth-order valence-electron chi connectivity index (χ4n) is 7.52. The smallest absolute Gasteiger partial charge is 0.103 e. The Bertz CT molecular complexity index is 1990. The minimum absolute atomic E-state index is 0. The summed E-state index contributed by atoms with van der Waals surface area (Å²) in [5.41, 5.74) is 10.3. The van der Waals surface area contributed by atoms with Crippen molar-refractivity contribution in [2.75, 3.05) is 26.3 Å². The number of aliphatic hydroxyl groups is 2. The van der Waals surface area contributed by atoms with Crippen LogP contribution in [0.15, 0.2) is 48.5 Å². The van der Waals surface area contributed by atoms with Crippen LogP contribution in [0.2, 0.25) is 0 Å². The first kappa shape index (κ1) is 69.1. The monoisotopic (exact) mass is 1180 g/mol. The third kappa shape index (κ3) is 21.8. The molecule has 0 radical (unpaired) electrons. The summed E-state index contributed by atoms with van der Waals surface area (Å²) in [6.07, 6.45) is 0. The molecule has 4 aromatic rings.